The number of hydrogen-bond acceptors (Lipinski definition) is 6. The minimum Gasteiger partial charge on any atom is -0.408 e. The molecule has 1 atom stereocenters. The Balaban J connectivity index is 1.11. The highest BCUT2D eigenvalue weighted by molar-refractivity contribution is 5.92. The van der Waals surface area contributed by atoms with Gasteiger partial charge in [-0.25, -0.2) is 14.4 Å². The molecule has 3 aliphatic heterocycles. The Hall–Kier alpha value is -4.32. The Morgan fingerprint density at radius 3 is 2.49 bits per heavy atom. The molecule has 0 spiro atoms. The number of anilines is 1. The topological polar surface area (TPSA) is 134 Å². The number of piperidine rings is 2. The second kappa shape index (κ2) is 14.6. The summed E-state index contributed by atoms with van der Waals surface area (Å²) in [6, 6.07) is 12.5. The van der Waals surface area contributed by atoms with E-state index in [1.165, 1.54) is 6.42 Å². The maximum atomic E-state index is 14.1. The molecule has 252 valence electrons. The fourth-order valence-electron chi connectivity index (χ4n) is 7.32. The predicted octanol–water partition coefficient (Wildman–Crippen LogP) is 4.37. The molecule has 12 nitrogen and oxygen atoms in total. The number of aromatic amines is 1. The van der Waals surface area contributed by atoms with Crippen molar-refractivity contribution in [1.82, 2.24) is 29.9 Å². The van der Waals surface area contributed by atoms with E-state index in [9.17, 15) is 19.2 Å². The van der Waals surface area contributed by atoms with Gasteiger partial charge in [-0.2, -0.15) is 0 Å². The van der Waals surface area contributed by atoms with Crippen LogP contribution >= 0.6 is 0 Å². The third-order valence-corrected chi connectivity index (χ3v) is 10.1. The van der Waals surface area contributed by atoms with Gasteiger partial charge in [0, 0.05) is 56.9 Å². The van der Waals surface area contributed by atoms with Crippen molar-refractivity contribution < 1.29 is 18.8 Å². The number of amides is 5. The van der Waals surface area contributed by atoms with E-state index >= 15 is 0 Å². The molecular weight excluding hydrogens is 598 g/mol. The van der Waals surface area contributed by atoms with Crippen molar-refractivity contribution >= 4 is 34.8 Å². The summed E-state index contributed by atoms with van der Waals surface area (Å²) in [7, 11) is 0. The van der Waals surface area contributed by atoms with Crippen LogP contribution in [0.5, 0.6) is 0 Å². The standard InChI is InChI=1S/C35H47N7O5/c1-3-5-16-39(4-2)26-12-17-40(18-13-26)32(43)30(21-24-10-11-29-31(22-24)47-35(46)38-29)37-33(44)41-19-14-27(15-20-41)42-23-25-8-6-7-9-28(25)36-34(42)45/h6-11,22,26-27,30H,3-5,12-21,23H2,1-2H3,(H,36,45)(H,37,44)(H,38,46). The Kier molecular flexibility index (Phi) is 10.1. The van der Waals surface area contributed by atoms with Gasteiger partial charge in [-0.05, 0) is 74.5 Å². The van der Waals surface area contributed by atoms with Crippen LogP contribution in [0.2, 0.25) is 0 Å². The Morgan fingerprint density at radius 2 is 1.74 bits per heavy atom. The number of aromatic nitrogens is 1. The van der Waals surface area contributed by atoms with E-state index in [0.717, 1.165) is 49.2 Å². The molecule has 0 bridgehead atoms. The number of H-pyrrole nitrogens is 1. The molecule has 1 unspecified atom stereocenters. The summed E-state index contributed by atoms with van der Waals surface area (Å²) in [6.45, 7) is 9.30. The van der Waals surface area contributed by atoms with Crippen LogP contribution in [-0.4, -0.2) is 99.9 Å². The first-order valence-electron chi connectivity index (χ1n) is 17.2. The van der Waals surface area contributed by atoms with Crippen molar-refractivity contribution in [2.24, 2.45) is 0 Å². The minimum absolute atomic E-state index is 0.0221. The number of carbonyl (C=O) groups excluding carboxylic acids is 3. The lowest BCUT2D eigenvalue weighted by Gasteiger charge is -2.41. The van der Waals surface area contributed by atoms with Gasteiger partial charge in [0.1, 0.15) is 6.04 Å². The molecule has 2 fully saturated rings. The molecule has 1 aromatic heterocycles. The summed E-state index contributed by atoms with van der Waals surface area (Å²) in [5.41, 5.74) is 3.73. The first-order valence-corrected chi connectivity index (χ1v) is 17.2. The van der Waals surface area contributed by atoms with Crippen molar-refractivity contribution in [3.8, 4) is 0 Å². The van der Waals surface area contributed by atoms with Crippen LogP contribution in [0.3, 0.4) is 0 Å². The van der Waals surface area contributed by atoms with E-state index in [1.807, 2.05) is 40.1 Å². The molecular formula is C35H47N7O5. The number of oxazole rings is 1. The monoisotopic (exact) mass is 645 g/mol. The zero-order valence-corrected chi connectivity index (χ0v) is 27.5. The SMILES string of the molecule is CCCCN(CC)C1CCN(C(=O)C(Cc2ccc3[nH]c(=O)oc3c2)NC(=O)N2CCC(N3Cc4ccccc4NC3=O)CC2)CC1. The van der Waals surface area contributed by atoms with Gasteiger partial charge < -0.3 is 34.7 Å². The van der Waals surface area contributed by atoms with Crippen LogP contribution in [-0.2, 0) is 17.8 Å². The van der Waals surface area contributed by atoms with Gasteiger partial charge in [0.2, 0.25) is 5.91 Å². The molecule has 3 N–H and O–H groups in total. The van der Waals surface area contributed by atoms with Crippen molar-refractivity contribution in [1.29, 1.82) is 0 Å². The van der Waals surface area contributed by atoms with Crippen LogP contribution in [0.1, 0.15) is 63.5 Å². The third kappa shape index (κ3) is 7.48. The highest BCUT2D eigenvalue weighted by atomic mass is 16.4. The molecule has 47 heavy (non-hydrogen) atoms. The fraction of sp³-hybridized carbons (Fsp3) is 0.543. The van der Waals surface area contributed by atoms with Gasteiger partial charge in [-0.3, -0.25) is 9.78 Å². The molecule has 12 heteroatoms. The van der Waals surface area contributed by atoms with E-state index in [2.05, 4.69) is 34.4 Å². The summed E-state index contributed by atoms with van der Waals surface area (Å²) >= 11 is 0. The number of fused-ring (bicyclic) bond motifs is 2. The van der Waals surface area contributed by atoms with Crippen LogP contribution in [0.4, 0.5) is 15.3 Å². The normalized spacial score (nSPS) is 18.4. The summed E-state index contributed by atoms with van der Waals surface area (Å²) in [5.74, 6) is -0.627. The van der Waals surface area contributed by atoms with E-state index in [4.69, 9.17) is 4.42 Å². The van der Waals surface area contributed by atoms with Crippen molar-refractivity contribution in [2.45, 2.75) is 83.5 Å². The number of unbranched alkanes of at least 4 members (excludes halogenated alkanes) is 1. The molecule has 6 rings (SSSR count). The highest BCUT2D eigenvalue weighted by Gasteiger charge is 2.35. The summed E-state index contributed by atoms with van der Waals surface area (Å²) in [4.78, 5) is 63.0. The van der Waals surface area contributed by atoms with E-state index in [0.29, 0.717) is 62.7 Å². The fourth-order valence-corrected chi connectivity index (χ4v) is 7.32. The number of nitrogens with zero attached hydrogens (tertiary/aromatic N) is 4. The van der Waals surface area contributed by atoms with E-state index in [-0.39, 0.29) is 30.4 Å². The van der Waals surface area contributed by atoms with Crippen LogP contribution < -0.4 is 16.4 Å². The maximum absolute atomic E-state index is 14.1. The van der Waals surface area contributed by atoms with Gasteiger partial charge in [0.05, 0.1) is 5.52 Å². The second-order valence-electron chi connectivity index (χ2n) is 13.0. The van der Waals surface area contributed by atoms with Crippen LogP contribution in [0.25, 0.3) is 11.1 Å². The zero-order chi connectivity index (χ0) is 32.9. The molecule has 2 aromatic carbocycles. The summed E-state index contributed by atoms with van der Waals surface area (Å²) in [6.07, 6.45) is 5.74. The molecule has 5 amide bonds. The second-order valence-corrected chi connectivity index (χ2v) is 13.0. The van der Waals surface area contributed by atoms with Crippen LogP contribution in [0, 0.1) is 0 Å². The Labute approximate surface area is 275 Å². The molecule has 4 heterocycles. The van der Waals surface area contributed by atoms with Gasteiger partial charge >= 0.3 is 17.8 Å². The molecule has 3 aliphatic rings. The van der Waals surface area contributed by atoms with Gasteiger partial charge in [-0.15, -0.1) is 0 Å². The van der Waals surface area contributed by atoms with Gasteiger partial charge in [0.15, 0.2) is 5.58 Å². The number of carbonyl (C=O) groups is 3. The first-order chi connectivity index (χ1) is 22.8. The molecule has 0 radical (unpaired) electrons. The first kappa shape index (κ1) is 32.6. The highest BCUT2D eigenvalue weighted by Crippen LogP contribution is 2.28. The van der Waals surface area contributed by atoms with Gasteiger partial charge in [0.25, 0.3) is 0 Å². The number of benzene rings is 2. The number of urea groups is 2. The smallest absolute Gasteiger partial charge is 0.408 e. The molecule has 2 saturated heterocycles. The van der Waals surface area contributed by atoms with Crippen LogP contribution in [0.15, 0.2) is 51.7 Å². The zero-order valence-electron chi connectivity index (χ0n) is 27.5. The lowest BCUT2D eigenvalue weighted by molar-refractivity contribution is -0.134. The third-order valence-electron chi connectivity index (χ3n) is 10.1. The average molecular weight is 646 g/mol. The lowest BCUT2D eigenvalue weighted by atomic mass is 9.99. The number of likely N-dealkylation sites (tertiary alicyclic amines) is 2. The molecule has 0 saturated carbocycles. The summed E-state index contributed by atoms with van der Waals surface area (Å²) in [5, 5.41) is 6.06. The van der Waals surface area contributed by atoms with Crippen molar-refractivity contribution in [2.75, 3.05) is 44.6 Å². The number of hydrogen-bond donors (Lipinski definition) is 3. The largest absolute Gasteiger partial charge is 0.417 e. The van der Waals surface area contributed by atoms with Crippen molar-refractivity contribution in [3.63, 3.8) is 0 Å². The van der Waals surface area contributed by atoms with Gasteiger partial charge in [-0.1, -0.05) is 44.5 Å². The van der Waals surface area contributed by atoms with E-state index in [1.54, 1.807) is 17.0 Å². The predicted molar refractivity (Wildman–Crippen MR) is 180 cm³/mol. The Bertz CT molecular complexity index is 1620. The lowest BCUT2D eigenvalue weighted by Crippen LogP contribution is -2.57. The molecule has 0 aliphatic carbocycles. The maximum Gasteiger partial charge on any atom is 0.417 e. The average Bonchev–Trinajstić information content (AvgIpc) is 3.47. The summed E-state index contributed by atoms with van der Waals surface area (Å²) < 4.78 is 5.26. The number of nitrogens with one attached hydrogen (secondary N) is 3. The van der Waals surface area contributed by atoms with E-state index < -0.39 is 11.8 Å². The molecule has 3 aromatic rings. The Morgan fingerprint density at radius 1 is 1.00 bits per heavy atom. The number of rotatable bonds is 10. The van der Waals surface area contributed by atoms with Crippen molar-refractivity contribution in [3.05, 3.63) is 64.1 Å². The quantitative estimate of drug-likeness (QED) is 0.300. The number of para-hydroxylation sites is 1. The minimum atomic E-state index is -0.772.